The number of carbonyl (C=O) groups is 3. The summed E-state index contributed by atoms with van der Waals surface area (Å²) in [6.07, 6.45) is 1.48. The molecule has 0 amide bonds. The van der Waals surface area contributed by atoms with Crippen molar-refractivity contribution >= 4 is 141 Å². The quantitative estimate of drug-likeness (QED) is 0.0526. The van der Waals surface area contributed by atoms with Crippen LogP contribution in [0.2, 0.25) is 0 Å². The Morgan fingerprint density at radius 3 is 1.70 bits per heavy atom. The molecule has 3 unspecified atom stereocenters. The van der Waals surface area contributed by atoms with Crippen LogP contribution in [0, 0.1) is 0 Å². The maximum absolute atomic E-state index is 10.4. The Balaban J connectivity index is -0.0000000306. The molecule has 224 valence electrons. The van der Waals surface area contributed by atoms with Crippen molar-refractivity contribution in [1.29, 1.82) is 0 Å². The van der Waals surface area contributed by atoms with Crippen molar-refractivity contribution in [3.8, 4) is 0 Å². The third-order valence-electron chi connectivity index (χ3n) is 2.95. The number of rotatable bonds is 8. The maximum atomic E-state index is 10.4. The standard InChI is InChI=1S/C5H9NO2S3.C5H7NO2S2.C4H9NO2S.CS2.2CH4.3Na.2H2O.H2S/c6-3(4(7)8)1-2-11-5(9)10;7-4(8)3-1-2-10-5(9)6-3;5-3(1-2-8)4(6)7;2-1-3;;;;;;;;/h3H,1-2,6H2,(H,7,8)(H,9,10);3H,1-2H2,(H,6,9)(H,7,8);3,8H,1-2,5H2,(H,6,7);;2*1H4;;;;3*1H2/q;;;;;;3*+1;;;/p-3. The summed E-state index contributed by atoms with van der Waals surface area (Å²) >= 11 is 28.5. The molecule has 0 spiro atoms. The average Bonchev–Trinajstić information content (AvgIpc) is 2.69. The summed E-state index contributed by atoms with van der Waals surface area (Å²) in [6, 6.07) is -2.01. The number of hydrogen-bond acceptors (Lipinski definition) is 15. The molecule has 1 fully saturated rings. The van der Waals surface area contributed by atoms with Crippen molar-refractivity contribution in [1.82, 2.24) is 5.32 Å². The number of hydrogen-bond donors (Lipinski definition) is 7. The van der Waals surface area contributed by atoms with E-state index in [0.717, 1.165) is 5.75 Å². The molecular weight excluding hydrogens is 732 g/mol. The molecular formula is C17H36N3Na3O8S9. The largest absolute Gasteiger partial charge is 1.00 e. The van der Waals surface area contributed by atoms with Crippen LogP contribution in [0.25, 0.3) is 0 Å². The molecule has 1 heterocycles. The van der Waals surface area contributed by atoms with Crippen molar-refractivity contribution in [2.75, 3.05) is 17.3 Å². The third-order valence-corrected chi connectivity index (χ3v) is 5.89. The van der Waals surface area contributed by atoms with Crippen LogP contribution in [0.4, 0.5) is 0 Å². The van der Waals surface area contributed by atoms with Gasteiger partial charge >= 0.3 is 107 Å². The molecule has 0 aromatic rings. The fourth-order valence-corrected chi connectivity index (χ4v) is 3.84. The molecule has 1 aliphatic rings. The van der Waals surface area contributed by atoms with Crippen molar-refractivity contribution in [2.24, 2.45) is 11.5 Å². The Morgan fingerprint density at radius 2 is 1.48 bits per heavy atom. The van der Waals surface area contributed by atoms with Crippen LogP contribution in [-0.4, -0.2) is 91.7 Å². The van der Waals surface area contributed by atoms with Gasteiger partial charge in [-0.15, -0.1) is 11.8 Å². The van der Waals surface area contributed by atoms with E-state index >= 15 is 0 Å². The van der Waals surface area contributed by atoms with Crippen LogP contribution in [0.1, 0.15) is 34.1 Å². The molecule has 0 bridgehead atoms. The summed E-state index contributed by atoms with van der Waals surface area (Å²) < 4.78 is 2.92. The Labute approximate surface area is 351 Å². The number of carboxylic acid groups (broad SMARTS) is 3. The van der Waals surface area contributed by atoms with Gasteiger partial charge in [-0.3, -0.25) is 9.59 Å². The van der Waals surface area contributed by atoms with Gasteiger partial charge in [-0.2, -0.15) is 12.6 Å². The van der Waals surface area contributed by atoms with Gasteiger partial charge in [0.05, 0.1) is 0 Å². The van der Waals surface area contributed by atoms with Crippen LogP contribution >= 0.6 is 85.0 Å². The van der Waals surface area contributed by atoms with Crippen LogP contribution < -0.4 is 105 Å². The van der Waals surface area contributed by atoms with E-state index in [0.29, 0.717) is 38.6 Å². The Bertz CT molecular complexity index is 671. The molecule has 3 atom stereocenters. The summed E-state index contributed by atoms with van der Waals surface area (Å²) in [4.78, 5) is 30.5. The fraction of sp³-hybridized carbons (Fsp3) is 0.647. The number of aliphatic carboxylic acids is 3. The fourth-order valence-electron chi connectivity index (χ4n) is 1.37. The second-order valence-corrected chi connectivity index (χ2v) is 10.9. The van der Waals surface area contributed by atoms with Gasteiger partial charge in [0, 0.05) is 10.1 Å². The first-order valence-corrected chi connectivity index (χ1v) is 13.0. The summed E-state index contributed by atoms with van der Waals surface area (Å²) in [5.74, 6) is -0.853. The van der Waals surface area contributed by atoms with Gasteiger partial charge in [-0.05, 0) is 55.2 Å². The van der Waals surface area contributed by atoms with E-state index in [9.17, 15) is 14.4 Å². The van der Waals surface area contributed by atoms with Gasteiger partial charge in [0.2, 0.25) is 0 Å². The molecule has 1 aliphatic heterocycles. The van der Waals surface area contributed by atoms with Gasteiger partial charge in [0.15, 0.2) is 0 Å². The number of thioether (sulfide) groups is 2. The molecule has 0 saturated carbocycles. The molecule has 0 aromatic heterocycles. The first-order chi connectivity index (χ1) is 14.8. The van der Waals surface area contributed by atoms with Crippen LogP contribution in [-0.2, 0) is 40.5 Å². The summed E-state index contributed by atoms with van der Waals surface area (Å²) in [7, 11) is 0. The van der Waals surface area contributed by atoms with Crippen LogP contribution in [0.15, 0.2) is 0 Å². The van der Waals surface area contributed by atoms with Crippen molar-refractivity contribution in [3.05, 3.63) is 0 Å². The Kier molecular flexibility index (Phi) is 95.7. The first kappa shape index (κ1) is 74.1. The monoisotopic (exact) mass is 767 g/mol. The second-order valence-electron chi connectivity index (χ2n) is 5.33. The minimum Gasteiger partial charge on any atom is -0.870 e. The van der Waals surface area contributed by atoms with E-state index in [-0.39, 0.29) is 128 Å². The SMILES string of the molecule is C.C.NC(CCS)C(=O)O.NC(CCSC(=S)[S-])C(=O)O.O.O=C(O)C1CCSC(=S)N1.S=C=S.[Na+].[Na+].[Na+].[OH-].[SH-]. The van der Waals surface area contributed by atoms with E-state index < -0.39 is 36.0 Å². The van der Waals surface area contributed by atoms with Crippen molar-refractivity contribution in [2.45, 2.75) is 52.2 Å². The second kappa shape index (κ2) is 51.6. The maximum Gasteiger partial charge on any atom is 1.00 e. The average molecular weight is 768 g/mol. The Morgan fingerprint density at radius 1 is 1.10 bits per heavy atom. The number of thiol groups is 2. The van der Waals surface area contributed by atoms with E-state index in [4.69, 9.17) is 39.0 Å². The first-order valence-electron chi connectivity index (χ1n) is 8.40. The molecule has 1 saturated heterocycles. The van der Waals surface area contributed by atoms with Gasteiger partial charge in [-0.1, -0.05) is 42.4 Å². The summed E-state index contributed by atoms with van der Waals surface area (Å²) in [6.45, 7) is 0. The smallest absolute Gasteiger partial charge is 0.870 e. The van der Waals surface area contributed by atoms with E-state index in [1.807, 2.05) is 4.31 Å². The van der Waals surface area contributed by atoms with Crippen molar-refractivity contribution in [3.63, 3.8) is 0 Å². The predicted molar refractivity (Wildman–Crippen MR) is 179 cm³/mol. The predicted octanol–water partition coefficient (Wildman–Crippen LogP) is -7.45. The molecule has 23 heteroatoms. The molecule has 0 radical (unpaired) electrons. The van der Waals surface area contributed by atoms with Gasteiger partial charge < -0.3 is 81.4 Å². The van der Waals surface area contributed by atoms with Gasteiger partial charge in [0.25, 0.3) is 0 Å². The molecule has 40 heavy (non-hydrogen) atoms. The zero-order valence-corrected chi connectivity index (χ0v) is 34.4. The number of nitrogens with one attached hydrogen (secondary N) is 1. The molecule has 1 rings (SSSR count). The summed E-state index contributed by atoms with van der Waals surface area (Å²) in [5, 5.41) is 27.7. The molecule has 11 N–H and O–H groups in total. The van der Waals surface area contributed by atoms with E-state index in [1.54, 1.807) is 0 Å². The minimum atomic E-state index is -0.985. The van der Waals surface area contributed by atoms with Crippen LogP contribution in [0.5, 0.6) is 0 Å². The van der Waals surface area contributed by atoms with Crippen LogP contribution in [0.3, 0.4) is 0 Å². The topological polar surface area (TPSA) is 237 Å². The number of thiocarbonyl (C=S) groups is 4. The minimum absolute atomic E-state index is 0. The molecule has 0 aromatic carbocycles. The van der Waals surface area contributed by atoms with Gasteiger partial charge in [-0.25, -0.2) is 4.79 Å². The Hall–Kier alpha value is 3.07. The summed E-state index contributed by atoms with van der Waals surface area (Å²) in [5.41, 5.74) is 10.3. The van der Waals surface area contributed by atoms with E-state index in [1.165, 1.54) is 23.5 Å². The number of carboxylic acids is 3. The number of nitrogens with two attached hydrogens (primary N) is 2. The third kappa shape index (κ3) is 56.8. The van der Waals surface area contributed by atoms with E-state index in [2.05, 4.69) is 67.2 Å². The molecule has 0 aliphatic carbocycles. The zero-order valence-electron chi connectivity index (χ0n) is 20.9. The molecule has 11 nitrogen and oxygen atoms in total. The van der Waals surface area contributed by atoms with Crippen molar-refractivity contribution < 1.29 is 129 Å². The normalized spacial score (nSPS) is 12.7. The zero-order chi connectivity index (χ0) is 25.7. The van der Waals surface area contributed by atoms with Gasteiger partial charge in [0.1, 0.15) is 22.4 Å².